The van der Waals surface area contributed by atoms with Crippen LogP contribution in [0.15, 0.2) is 46.4 Å². The quantitative estimate of drug-likeness (QED) is 0.456. The molecule has 0 aliphatic heterocycles. The molecule has 2 amide bonds. The van der Waals surface area contributed by atoms with E-state index in [1.165, 1.54) is 43.3 Å². The van der Waals surface area contributed by atoms with E-state index >= 15 is 0 Å². The van der Waals surface area contributed by atoms with Crippen molar-refractivity contribution in [3.63, 3.8) is 0 Å². The van der Waals surface area contributed by atoms with Gasteiger partial charge in [-0.05, 0) is 56.0 Å². The van der Waals surface area contributed by atoms with Crippen molar-refractivity contribution in [1.29, 1.82) is 0 Å². The molecule has 0 saturated heterocycles. The van der Waals surface area contributed by atoms with Gasteiger partial charge in [0.25, 0.3) is 5.91 Å². The van der Waals surface area contributed by atoms with Gasteiger partial charge in [-0.1, -0.05) is 12.8 Å². The Labute approximate surface area is 185 Å². The molecule has 8 heteroatoms. The van der Waals surface area contributed by atoms with Crippen LogP contribution in [0.1, 0.15) is 47.5 Å². The second-order valence-electron chi connectivity index (χ2n) is 7.82. The zero-order chi connectivity index (χ0) is 21.6. The number of aryl methyl sites for hydroxylation is 1. The maximum atomic E-state index is 12.4. The summed E-state index contributed by atoms with van der Waals surface area (Å²) in [5.74, 6) is 0.892. The molecule has 1 aromatic carbocycles. The Bertz CT molecular complexity index is 1040. The van der Waals surface area contributed by atoms with Gasteiger partial charge in [-0.15, -0.1) is 11.3 Å². The summed E-state index contributed by atoms with van der Waals surface area (Å²) in [5.41, 5.74) is 2.89. The maximum absolute atomic E-state index is 12.4. The molecule has 1 aliphatic carbocycles. The summed E-state index contributed by atoms with van der Waals surface area (Å²) in [5, 5.41) is 11.3. The fraction of sp³-hybridized carbons (Fsp3) is 0.348. The zero-order valence-corrected chi connectivity index (χ0v) is 18.3. The Balaban J connectivity index is 1.25. The van der Waals surface area contributed by atoms with Gasteiger partial charge in [0.15, 0.2) is 5.13 Å². The highest BCUT2D eigenvalue weighted by atomic mass is 32.1. The van der Waals surface area contributed by atoms with Crippen LogP contribution in [0.3, 0.4) is 0 Å². The summed E-state index contributed by atoms with van der Waals surface area (Å²) in [6.45, 7) is 2.74. The lowest BCUT2D eigenvalue weighted by molar-refractivity contribution is -0.115. The lowest BCUT2D eigenvalue weighted by atomic mass is 10.1. The van der Waals surface area contributed by atoms with Gasteiger partial charge in [0.2, 0.25) is 5.91 Å². The molecule has 3 aromatic rings. The Kier molecular flexibility index (Phi) is 6.66. The molecule has 2 aromatic heterocycles. The first-order valence-electron chi connectivity index (χ1n) is 10.5. The second-order valence-corrected chi connectivity index (χ2v) is 8.68. The van der Waals surface area contributed by atoms with E-state index in [0.717, 1.165) is 23.8 Å². The molecule has 0 atom stereocenters. The van der Waals surface area contributed by atoms with Crippen molar-refractivity contribution in [2.75, 3.05) is 22.5 Å². The standard InChI is InChI=1S/C23H26N4O3S/c1-15-20(10-11-30-15)22(29)27-23-26-19(14-31-23)12-21(28)25-18-8-6-17(7-9-18)24-13-16-4-2-3-5-16/h6-11,14,16,24H,2-5,12-13H2,1H3,(H,25,28)(H,26,27,29). The number of amides is 2. The van der Waals surface area contributed by atoms with Crippen molar-refractivity contribution in [3.05, 3.63) is 59.0 Å². The smallest absolute Gasteiger partial charge is 0.260 e. The van der Waals surface area contributed by atoms with Crippen LogP contribution in [0, 0.1) is 12.8 Å². The molecule has 0 radical (unpaired) electrons. The molecule has 162 valence electrons. The molecule has 3 N–H and O–H groups in total. The van der Waals surface area contributed by atoms with Crippen LogP contribution >= 0.6 is 11.3 Å². The van der Waals surface area contributed by atoms with E-state index in [4.69, 9.17) is 4.42 Å². The molecule has 0 unspecified atom stereocenters. The highest BCUT2D eigenvalue weighted by molar-refractivity contribution is 7.14. The summed E-state index contributed by atoms with van der Waals surface area (Å²) in [4.78, 5) is 28.9. The van der Waals surface area contributed by atoms with Gasteiger partial charge in [0.05, 0.1) is 23.9 Å². The zero-order valence-electron chi connectivity index (χ0n) is 17.4. The number of aromatic nitrogens is 1. The fourth-order valence-electron chi connectivity index (χ4n) is 3.75. The van der Waals surface area contributed by atoms with E-state index in [1.807, 2.05) is 24.3 Å². The lowest BCUT2D eigenvalue weighted by Gasteiger charge is -2.12. The highest BCUT2D eigenvalue weighted by Gasteiger charge is 2.15. The summed E-state index contributed by atoms with van der Waals surface area (Å²) in [7, 11) is 0. The Morgan fingerprint density at radius 2 is 1.84 bits per heavy atom. The monoisotopic (exact) mass is 438 g/mol. The number of benzene rings is 1. The first-order valence-corrected chi connectivity index (χ1v) is 11.4. The van der Waals surface area contributed by atoms with E-state index < -0.39 is 0 Å². The topological polar surface area (TPSA) is 96.3 Å². The minimum atomic E-state index is -0.279. The third-order valence-electron chi connectivity index (χ3n) is 5.46. The van der Waals surface area contributed by atoms with Crippen LogP contribution in [0.4, 0.5) is 16.5 Å². The van der Waals surface area contributed by atoms with Gasteiger partial charge >= 0.3 is 0 Å². The van der Waals surface area contributed by atoms with Crippen LogP contribution in [0.5, 0.6) is 0 Å². The minimum Gasteiger partial charge on any atom is -0.469 e. The molecule has 1 aliphatic rings. The molecule has 2 heterocycles. The average Bonchev–Trinajstić information content (AvgIpc) is 3.50. The number of carbonyl (C=O) groups excluding carboxylic acids is 2. The molecule has 0 bridgehead atoms. The van der Waals surface area contributed by atoms with Crippen molar-refractivity contribution in [3.8, 4) is 0 Å². The SMILES string of the molecule is Cc1occc1C(=O)Nc1nc(CC(=O)Nc2ccc(NCC3CCCC3)cc2)cs1. The molecule has 1 fully saturated rings. The van der Waals surface area contributed by atoms with E-state index in [9.17, 15) is 9.59 Å². The highest BCUT2D eigenvalue weighted by Crippen LogP contribution is 2.25. The summed E-state index contributed by atoms with van der Waals surface area (Å²) < 4.78 is 5.15. The molecule has 1 saturated carbocycles. The van der Waals surface area contributed by atoms with Gasteiger partial charge < -0.3 is 15.1 Å². The largest absolute Gasteiger partial charge is 0.469 e. The average molecular weight is 439 g/mol. The van der Waals surface area contributed by atoms with Crippen molar-refractivity contribution < 1.29 is 14.0 Å². The molecule has 0 spiro atoms. The first-order chi connectivity index (χ1) is 15.1. The van der Waals surface area contributed by atoms with Crippen LogP contribution in [0.2, 0.25) is 0 Å². The van der Waals surface area contributed by atoms with Gasteiger partial charge in [0.1, 0.15) is 5.76 Å². The van der Waals surface area contributed by atoms with Crippen LogP contribution in [-0.4, -0.2) is 23.3 Å². The summed E-state index contributed by atoms with van der Waals surface area (Å²) >= 11 is 1.29. The van der Waals surface area contributed by atoms with Gasteiger partial charge in [-0.3, -0.25) is 14.9 Å². The van der Waals surface area contributed by atoms with E-state index in [2.05, 4.69) is 20.9 Å². The third-order valence-corrected chi connectivity index (χ3v) is 6.26. The van der Waals surface area contributed by atoms with Gasteiger partial charge in [-0.2, -0.15) is 0 Å². The number of anilines is 3. The second kappa shape index (κ2) is 9.78. The summed E-state index contributed by atoms with van der Waals surface area (Å²) in [6, 6.07) is 9.38. The molecule has 4 rings (SSSR count). The number of hydrogen-bond acceptors (Lipinski definition) is 6. The number of rotatable bonds is 8. The first kappa shape index (κ1) is 21.1. The molecule has 7 nitrogen and oxygen atoms in total. The van der Waals surface area contributed by atoms with E-state index in [0.29, 0.717) is 22.1 Å². The van der Waals surface area contributed by atoms with Crippen molar-refractivity contribution in [2.24, 2.45) is 5.92 Å². The van der Waals surface area contributed by atoms with Gasteiger partial charge in [-0.25, -0.2) is 4.98 Å². The Morgan fingerprint density at radius 3 is 2.55 bits per heavy atom. The molecular weight excluding hydrogens is 412 g/mol. The normalized spacial score (nSPS) is 13.8. The predicted molar refractivity (Wildman–Crippen MR) is 123 cm³/mol. The predicted octanol–water partition coefficient (Wildman–Crippen LogP) is 5.08. The van der Waals surface area contributed by atoms with Crippen molar-refractivity contribution >= 4 is 39.7 Å². The van der Waals surface area contributed by atoms with E-state index in [1.54, 1.807) is 18.4 Å². The molecule has 31 heavy (non-hydrogen) atoms. The number of nitrogens with zero attached hydrogens (tertiary/aromatic N) is 1. The Morgan fingerprint density at radius 1 is 1.10 bits per heavy atom. The maximum Gasteiger partial charge on any atom is 0.260 e. The number of nitrogens with one attached hydrogen (secondary N) is 3. The van der Waals surface area contributed by atoms with Crippen LogP contribution in [0.25, 0.3) is 0 Å². The number of furan rings is 1. The van der Waals surface area contributed by atoms with Gasteiger partial charge in [0, 0.05) is 23.3 Å². The lowest BCUT2D eigenvalue weighted by Crippen LogP contribution is -2.15. The van der Waals surface area contributed by atoms with Crippen LogP contribution < -0.4 is 16.0 Å². The van der Waals surface area contributed by atoms with Crippen molar-refractivity contribution in [2.45, 2.75) is 39.0 Å². The van der Waals surface area contributed by atoms with Crippen LogP contribution in [-0.2, 0) is 11.2 Å². The minimum absolute atomic E-state index is 0.138. The Hall–Kier alpha value is -3.13. The number of hydrogen-bond donors (Lipinski definition) is 3. The summed E-state index contributed by atoms with van der Waals surface area (Å²) in [6.07, 6.45) is 6.92. The van der Waals surface area contributed by atoms with Crippen molar-refractivity contribution in [1.82, 2.24) is 4.98 Å². The van der Waals surface area contributed by atoms with E-state index in [-0.39, 0.29) is 18.2 Å². The fourth-order valence-corrected chi connectivity index (χ4v) is 4.45. The number of thiazole rings is 1. The third kappa shape index (κ3) is 5.73. The number of carbonyl (C=O) groups is 2. The molecular formula is C23H26N4O3S.